The van der Waals surface area contributed by atoms with E-state index >= 15 is 0 Å². The second-order valence-electron chi connectivity index (χ2n) is 2.51. The minimum atomic E-state index is -0.195. The molecule has 68 valence electrons. The fourth-order valence-electron chi connectivity index (χ4n) is 0.896. The van der Waals surface area contributed by atoms with Gasteiger partial charge in [0.15, 0.2) is 0 Å². The third-order valence-electron chi connectivity index (χ3n) is 1.60. The van der Waals surface area contributed by atoms with Gasteiger partial charge in [0.05, 0.1) is 0 Å². The van der Waals surface area contributed by atoms with Gasteiger partial charge in [0.25, 0.3) is 0 Å². The largest absolute Gasteiger partial charge is 0.348 e. The summed E-state index contributed by atoms with van der Waals surface area (Å²) in [5.74, 6) is -0.195. The van der Waals surface area contributed by atoms with Crippen LogP contribution in [-0.4, -0.2) is 5.91 Å². The molecule has 2 nitrogen and oxygen atoms in total. The Balaban J connectivity index is 2.59. The predicted octanol–water partition coefficient (Wildman–Crippen LogP) is 2.14. The highest BCUT2D eigenvalue weighted by atomic mass is 35.5. The fraction of sp³-hybridized carbons (Fsp3) is 0.100. The van der Waals surface area contributed by atoms with Gasteiger partial charge in [0.2, 0.25) is 5.91 Å². The molecule has 0 unspecified atom stereocenters. The van der Waals surface area contributed by atoms with E-state index in [0.717, 1.165) is 5.56 Å². The number of benzene rings is 1. The molecule has 0 fully saturated rings. The highest BCUT2D eigenvalue weighted by Gasteiger charge is 1.99. The van der Waals surface area contributed by atoms with Crippen LogP contribution in [0.3, 0.4) is 0 Å². The van der Waals surface area contributed by atoms with Crippen molar-refractivity contribution in [3.05, 3.63) is 47.5 Å². The van der Waals surface area contributed by atoms with Crippen LogP contribution >= 0.6 is 11.6 Å². The first kappa shape index (κ1) is 9.81. The van der Waals surface area contributed by atoms with E-state index in [1.807, 2.05) is 18.2 Å². The van der Waals surface area contributed by atoms with Crippen LogP contribution in [0.5, 0.6) is 0 Å². The lowest BCUT2D eigenvalue weighted by atomic mass is 10.2. The van der Waals surface area contributed by atoms with Crippen molar-refractivity contribution in [3.8, 4) is 0 Å². The number of hydrogen-bond acceptors (Lipinski definition) is 1. The maximum atomic E-state index is 10.8. The van der Waals surface area contributed by atoms with Gasteiger partial charge in [0, 0.05) is 11.6 Å². The van der Waals surface area contributed by atoms with Gasteiger partial charge in [-0.05, 0) is 17.7 Å². The number of carbonyl (C=O) groups is 1. The molecule has 0 atom stereocenters. The Morgan fingerprint density at radius 1 is 1.54 bits per heavy atom. The van der Waals surface area contributed by atoms with Crippen molar-refractivity contribution >= 4 is 17.5 Å². The summed E-state index contributed by atoms with van der Waals surface area (Å²) in [6.45, 7) is 3.79. The number of hydrogen-bond donors (Lipinski definition) is 1. The molecule has 0 bridgehead atoms. The Hall–Kier alpha value is -1.28. The van der Waals surface area contributed by atoms with Gasteiger partial charge in [0.1, 0.15) is 0 Å². The second-order valence-corrected chi connectivity index (χ2v) is 2.92. The zero-order valence-electron chi connectivity index (χ0n) is 7.09. The highest BCUT2D eigenvalue weighted by molar-refractivity contribution is 6.31. The number of rotatable bonds is 3. The van der Waals surface area contributed by atoms with Gasteiger partial charge in [-0.15, -0.1) is 0 Å². The lowest BCUT2D eigenvalue weighted by Gasteiger charge is -2.03. The Bertz CT molecular complexity index is 322. The molecule has 0 aliphatic carbocycles. The van der Waals surface area contributed by atoms with Gasteiger partial charge >= 0.3 is 0 Å². The summed E-state index contributed by atoms with van der Waals surface area (Å²) < 4.78 is 0. The molecule has 13 heavy (non-hydrogen) atoms. The summed E-state index contributed by atoms with van der Waals surface area (Å²) in [6, 6.07) is 7.38. The SMILES string of the molecule is C=CC(=O)NCc1ccccc1Cl. The van der Waals surface area contributed by atoms with Crippen LogP contribution in [0.1, 0.15) is 5.56 Å². The van der Waals surface area contributed by atoms with Gasteiger partial charge < -0.3 is 5.32 Å². The van der Waals surface area contributed by atoms with E-state index in [1.54, 1.807) is 6.07 Å². The highest BCUT2D eigenvalue weighted by Crippen LogP contribution is 2.13. The summed E-state index contributed by atoms with van der Waals surface area (Å²) in [4.78, 5) is 10.8. The normalized spacial score (nSPS) is 9.31. The van der Waals surface area contributed by atoms with Crippen LogP contribution in [0.15, 0.2) is 36.9 Å². The fourth-order valence-corrected chi connectivity index (χ4v) is 1.10. The number of nitrogens with one attached hydrogen (secondary N) is 1. The summed E-state index contributed by atoms with van der Waals surface area (Å²) >= 11 is 5.87. The first-order valence-corrected chi connectivity index (χ1v) is 4.25. The van der Waals surface area contributed by atoms with Crippen molar-refractivity contribution in [2.75, 3.05) is 0 Å². The molecule has 0 radical (unpaired) electrons. The van der Waals surface area contributed by atoms with Crippen molar-refractivity contribution in [1.29, 1.82) is 0 Å². The quantitative estimate of drug-likeness (QED) is 0.736. The van der Waals surface area contributed by atoms with Crippen LogP contribution < -0.4 is 5.32 Å². The van der Waals surface area contributed by atoms with E-state index in [-0.39, 0.29) is 5.91 Å². The first-order chi connectivity index (χ1) is 6.24. The van der Waals surface area contributed by atoms with Crippen molar-refractivity contribution in [2.24, 2.45) is 0 Å². The van der Waals surface area contributed by atoms with Crippen LogP contribution in [0.2, 0.25) is 5.02 Å². The average molecular weight is 196 g/mol. The summed E-state index contributed by atoms with van der Waals surface area (Å²) in [7, 11) is 0. The van der Waals surface area contributed by atoms with Crippen molar-refractivity contribution in [2.45, 2.75) is 6.54 Å². The van der Waals surface area contributed by atoms with E-state index in [9.17, 15) is 4.79 Å². The standard InChI is InChI=1S/C10H10ClNO/c1-2-10(13)12-7-8-5-3-4-6-9(8)11/h2-6H,1,7H2,(H,12,13). The zero-order valence-corrected chi connectivity index (χ0v) is 7.84. The van der Waals surface area contributed by atoms with Gasteiger partial charge in [-0.1, -0.05) is 36.4 Å². The minimum Gasteiger partial charge on any atom is -0.348 e. The minimum absolute atomic E-state index is 0.195. The van der Waals surface area contributed by atoms with E-state index < -0.39 is 0 Å². The summed E-state index contributed by atoms with van der Waals surface area (Å²) in [6.07, 6.45) is 1.23. The topological polar surface area (TPSA) is 29.1 Å². The van der Waals surface area contributed by atoms with Gasteiger partial charge in [-0.25, -0.2) is 0 Å². The molecule has 1 N–H and O–H groups in total. The molecule has 0 aliphatic heterocycles. The molecular weight excluding hydrogens is 186 g/mol. The molecule has 0 aromatic heterocycles. The number of halogens is 1. The van der Waals surface area contributed by atoms with Crippen LogP contribution in [0.25, 0.3) is 0 Å². The Morgan fingerprint density at radius 2 is 2.23 bits per heavy atom. The smallest absolute Gasteiger partial charge is 0.243 e. The van der Waals surface area contributed by atoms with E-state index in [0.29, 0.717) is 11.6 Å². The third kappa shape index (κ3) is 2.92. The second kappa shape index (κ2) is 4.67. The van der Waals surface area contributed by atoms with Gasteiger partial charge in [-0.2, -0.15) is 0 Å². The van der Waals surface area contributed by atoms with Crippen molar-refractivity contribution in [1.82, 2.24) is 5.32 Å². The molecular formula is C10H10ClNO. The Labute approximate surface area is 82.2 Å². The molecule has 1 aromatic carbocycles. The molecule has 1 rings (SSSR count). The van der Waals surface area contributed by atoms with E-state index in [4.69, 9.17) is 11.6 Å². The van der Waals surface area contributed by atoms with E-state index in [2.05, 4.69) is 11.9 Å². The number of amides is 1. The number of carbonyl (C=O) groups excluding carboxylic acids is 1. The van der Waals surface area contributed by atoms with Crippen LogP contribution in [-0.2, 0) is 11.3 Å². The monoisotopic (exact) mass is 195 g/mol. The van der Waals surface area contributed by atoms with Gasteiger partial charge in [-0.3, -0.25) is 4.79 Å². The van der Waals surface area contributed by atoms with Crippen LogP contribution in [0, 0.1) is 0 Å². The Morgan fingerprint density at radius 3 is 2.85 bits per heavy atom. The summed E-state index contributed by atoms with van der Waals surface area (Å²) in [5, 5.41) is 3.31. The average Bonchev–Trinajstić information content (AvgIpc) is 2.16. The maximum Gasteiger partial charge on any atom is 0.243 e. The lowest BCUT2D eigenvalue weighted by molar-refractivity contribution is -0.116. The molecule has 1 amide bonds. The molecule has 1 aromatic rings. The molecule has 0 spiro atoms. The molecule has 3 heteroatoms. The van der Waals surface area contributed by atoms with E-state index in [1.165, 1.54) is 6.08 Å². The molecule has 0 saturated heterocycles. The third-order valence-corrected chi connectivity index (χ3v) is 1.97. The van der Waals surface area contributed by atoms with Crippen molar-refractivity contribution < 1.29 is 4.79 Å². The summed E-state index contributed by atoms with van der Waals surface area (Å²) in [5.41, 5.74) is 0.902. The lowest BCUT2D eigenvalue weighted by Crippen LogP contribution is -2.19. The first-order valence-electron chi connectivity index (χ1n) is 3.87. The van der Waals surface area contributed by atoms with Crippen molar-refractivity contribution in [3.63, 3.8) is 0 Å². The predicted molar refractivity (Wildman–Crippen MR) is 53.5 cm³/mol. The maximum absolute atomic E-state index is 10.8. The Kier molecular flexibility index (Phi) is 3.53. The molecule has 0 heterocycles. The van der Waals surface area contributed by atoms with Crippen LogP contribution in [0.4, 0.5) is 0 Å². The zero-order chi connectivity index (χ0) is 9.68. The molecule has 0 saturated carbocycles. The molecule has 0 aliphatic rings.